The van der Waals surface area contributed by atoms with Crippen molar-refractivity contribution in [1.29, 1.82) is 0 Å². The topological polar surface area (TPSA) is 98.2 Å². The van der Waals surface area contributed by atoms with Gasteiger partial charge in [-0.3, -0.25) is 4.79 Å². The Morgan fingerprint density at radius 3 is 2.62 bits per heavy atom. The number of nitrogens with zero attached hydrogens (tertiary/aromatic N) is 5. The van der Waals surface area contributed by atoms with E-state index in [-0.39, 0.29) is 5.91 Å². The monoisotopic (exact) mass is 355 g/mol. The first kappa shape index (κ1) is 16.7. The Kier molecular flexibility index (Phi) is 4.18. The average molecular weight is 355 g/mol. The van der Waals surface area contributed by atoms with E-state index in [9.17, 15) is 4.79 Å². The molecule has 1 aliphatic rings. The summed E-state index contributed by atoms with van der Waals surface area (Å²) in [6.45, 7) is 6.91. The predicted molar refractivity (Wildman–Crippen MR) is 92.6 cm³/mol. The van der Waals surface area contributed by atoms with Gasteiger partial charge in [-0.05, 0) is 38.7 Å². The van der Waals surface area contributed by atoms with E-state index in [0.717, 1.165) is 30.8 Å². The number of aromatic nitrogens is 4. The van der Waals surface area contributed by atoms with Crippen LogP contribution in [0.5, 0.6) is 0 Å². The van der Waals surface area contributed by atoms with Crippen molar-refractivity contribution in [3.05, 3.63) is 34.7 Å². The van der Waals surface area contributed by atoms with E-state index in [0.29, 0.717) is 47.3 Å². The van der Waals surface area contributed by atoms with Crippen molar-refractivity contribution in [3.8, 4) is 0 Å². The maximum absolute atomic E-state index is 13.1. The summed E-state index contributed by atoms with van der Waals surface area (Å²) in [5.41, 5.74) is 2.49. The maximum atomic E-state index is 13.1. The summed E-state index contributed by atoms with van der Waals surface area (Å²) in [6.07, 6.45) is 2.65. The fraction of sp³-hybridized carbons (Fsp3) is 0.500. The molecule has 1 aliphatic heterocycles. The standard InChI is InChI=1S/C18H21N5O3/c1-10-8-14(16-11(2)21-26-17(16)19-10)18(24)23-6-4-13(5-7-23)9-15-20-12(3)25-22-15/h8,13H,4-7,9H2,1-3H3. The molecule has 1 fully saturated rings. The fourth-order valence-corrected chi connectivity index (χ4v) is 3.58. The highest BCUT2D eigenvalue weighted by Crippen LogP contribution is 2.26. The van der Waals surface area contributed by atoms with Gasteiger partial charge < -0.3 is 13.9 Å². The number of fused-ring (bicyclic) bond motifs is 1. The SMILES string of the molecule is Cc1cc(C(=O)N2CCC(Cc3noc(C)n3)CC2)c2c(C)noc2n1. The molecule has 0 saturated carbocycles. The Balaban J connectivity index is 1.48. The lowest BCUT2D eigenvalue weighted by Gasteiger charge is -2.31. The van der Waals surface area contributed by atoms with E-state index in [2.05, 4.69) is 20.3 Å². The van der Waals surface area contributed by atoms with Crippen molar-refractivity contribution in [2.45, 2.75) is 40.0 Å². The minimum Gasteiger partial charge on any atom is -0.340 e. The number of amides is 1. The van der Waals surface area contributed by atoms with Crippen molar-refractivity contribution in [2.24, 2.45) is 5.92 Å². The van der Waals surface area contributed by atoms with E-state index in [4.69, 9.17) is 9.05 Å². The Hall–Kier alpha value is -2.77. The van der Waals surface area contributed by atoms with Gasteiger partial charge in [-0.1, -0.05) is 10.3 Å². The second kappa shape index (κ2) is 6.51. The number of piperidine rings is 1. The average Bonchev–Trinajstić information content (AvgIpc) is 3.20. The molecular formula is C18H21N5O3. The van der Waals surface area contributed by atoms with Crippen molar-refractivity contribution < 1.29 is 13.8 Å². The first-order valence-electron chi connectivity index (χ1n) is 8.83. The first-order valence-corrected chi connectivity index (χ1v) is 8.83. The van der Waals surface area contributed by atoms with Gasteiger partial charge in [0.05, 0.1) is 16.6 Å². The summed E-state index contributed by atoms with van der Waals surface area (Å²) in [5, 5.41) is 8.64. The Morgan fingerprint density at radius 1 is 1.15 bits per heavy atom. The molecule has 136 valence electrons. The molecule has 4 rings (SSSR count). The number of aryl methyl sites for hydroxylation is 3. The van der Waals surface area contributed by atoms with Gasteiger partial charge in [0.15, 0.2) is 5.82 Å². The first-order chi connectivity index (χ1) is 12.5. The fourth-order valence-electron chi connectivity index (χ4n) is 3.58. The van der Waals surface area contributed by atoms with E-state index in [1.807, 2.05) is 24.8 Å². The van der Waals surface area contributed by atoms with Crippen molar-refractivity contribution in [2.75, 3.05) is 13.1 Å². The van der Waals surface area contributed by atoms with Crippen LogP contribution in [0, 0.1) is 26.7 Å². The number of pyridine rings is 1. The lowest BCUT2D eigenvalue weighted by Crippen LogP contribution is -2.39. The molecular weight excluding hydrogens is 334 g/mol. The molecule has 0 aliphatic carbocycles. The van der Waals surface area contributed by atoms with Crippen LogP contribution in [-0.2, 0) is 6.42 Å². The summed E-state index contributed by atoms with van der Waals surface area (Å²) in [7, 11) is 0. The Bertz CT molecular complexity index is 953. The number of carbonyl (C=O) groups excluding carboxylic acids is 1. The van der Waals surface area contributed by atoms with Crippen LogP contribution in [-0.4, -0.2) is 44.2 Å². The summed E-state index contributed by atoms with van der Waals surface area (Å²) in [5.74, 6) is 1.82. The predicted octanol–water partition coefficient (Wildman–Crippen LogP) is 2.63. The highest BCUT2D eigenvalue weighted by atomic mass is 16.5. The molecule has 3 aromatic rings. The third-order valence-corrected chi connectivity index (χ3v) is 4.92. The summed E-state index contributed by atoms with van der Waals surface area (Å²) >= 11 is 0. The van der Waals surface area contributed by atoms with Crippen LogP contribution in [0.3, 0.4) is 0 Å². The molecule has 0 aromatic carbocycles. The molecule has 1 amide bonds. The Morgan fingerprint density at radius 2 is 1.92 bits per heavy atom. The second-order valence-electron chi connectivity index (χ2n) is 6.93. The van der Waals surface area contributed by atoms with E-state index < -0.39 is 0 Å². The molecule has 0 bridgehead atoms. The minimum atomic E-state index is 0.0145. The number of hydrogen-bond acceptors (Lipinski definition) is 7. The van der Waals surface area contributed by atoms with Crippen LogP contribution in [0.2, 0.25) is 0 Å². The summed E-state index contributed by atoms with van der Waals surface area (Å²) in [4.78, 5) is 23.6. The van der Waals surface area contributed by atoms with Gasteiger partial charge in [0.2, 0.25) is 5.89 Å². The molecule has 0 atom stereocenters. The van der Waals surface area contributed by atoms with Gasteiger partial charge in [0.25, 0.3) is 11.6 Å². The molecule has 4 heterocycles. The van der Waals surface area contributed by atoms with Crippen molar-refractivity contribution >= 4 is 17.0 Å². The summed E-state index contributed by atoms with van der Waals surface area (Å²) in [6, 6.07) is 1.82. The van der Waals surface area contributed by atoms with E-state index in [1.54, 1.807) is 6.92 Å². The van der Waals surface area contributed by atoms with Crippen LogP contribution in [0.1, 0.15) is 46.3 Å². The van der Waals surface area contributed by atoms with E-state index >= 15 is 0 Å². The number of rotatable bonds is 3. The second-order valence-corrected chi connectivity index (χ2v) is 6.93. The lowest BCUT2D eigenvalue weighted by molar-refractivity contribution is 0.0691. The van der Waals surface area contributed by atoms with Crippen LogP contribution in [0.4, 0.5) is 0 Å². The molecule has 0 radical (unpaired) electrons. The van der Waals surface area contributed by atoms with Gasteiger partial charge in [0, 0.05) is 32.1 Å². The van der Waals surface area contributed by atoms with Gasteiger partial charge >= 0.3 is 0 Å². The normalized spacial score (nSPS) is 15.7. The van der Waals surface area contributed by atoms with Crippen molar-refractivity contribution in [1.82, 2.24) is 25.2 Å². The smallest absolute Gasteiger partial charge is 0.258 e. The van der Waals surface area contributed by atoms with Crippen LogP contribution < -0.4 is 0 Å². The van der Waals surface area contributed by atoms with Gasteiger partial charge in [-0.25, -0.2) is 4.98 Å². The molecule has 3 aromatic heterocycles. The molecule has 8 heteroatoms. The third-order valence-electron chi connectivity index (χ3n) is 4.92. The minimum absolute atomic E-state index is 0.0145. The van der Waals surface area contributed by atoms with Crippen LogP contribution in [0.15, 0.2) is 15.1 Å². The zero-order chi connectivity index (χ0) is 18.3. The maximum Gasteiger partial charge on any atom is 0.258 e. The quantitative estimate of drug-likeness (QED) is 0.712. The molecule has 0 N–H and O–H groups in total. The molecule has 0 spiro atoms. The molecule has 1 saturated heterocycles. The van der Waals surface area contributed by atoms with Crippen LogP contribution >= 0.6 is 0 Å². The summed E-state index contributed by atoms with van der Waals surface area (Å²) < 4.78 is 10.3. The number of hydrogen-bond donors (Lipinski definition) is 0. The lowest BCUT2D eigenvalue weighted by atomic mass is 9.92. The number of likely N-dealkylation sites (tertiary alicyclic amines) is 1. The zero-order valence-electron chi connectivity index (χ0n) is 15.2. The van der Waals surface area contributed by atoms with Crippen LogP contribution in [0.25, 0.3) is 11.1 Å². The third kappa shape index (κ3) is 3.07. The largest absolute Gasteiger partial charge is 0.340 e. The highest BCUT2D eigenvalue weighted by Gasteiger charge is 2.27. The van der Waals surface area contributed by atoms with Gasteiger partial charge in [-0.2, -0.15) is 4.98 Å². The highest BCUT2D eigenvalue weighted by molar-refractivity contribution is 6.06. The van der Waals surface area contributed by atoms with Crippen molar-refractivity contribution in [3.63, 3.8) is 0 Å². The van der Waals surface area contributed by atoms with Gasteiger partial charge in [0.1, 0.15) is 0 Å². The number of carbonyl (C=O) groups is 1. The van der Waals surface area contributed by atoms with E-state index in [1.165, 1.54) is 0 Å². The van der Waals surface area contributed by atoms with Gasteiger partial charge in [-0.15, -0.1) is 0 Å². The Labute approximate surface area is 150 Å². The molecule has 8 nitrogen and oxygen atoms in total. The molecule has 26 heavy (non-hydrogen) atoms. The zero-order valence-corrected chi connectivity index (χ0v) is 15.2. The molecule has 0 unspecified atom stereocenters.